The summed E-state index contributed by atoms with van der Waals surface area (Å²) >= 11 is 4.48. The van der Waals surface area contributed by atoms with Crippen LogP contribution in [0.1, 0.15) is 27.2 Å². The molecule has 3 rings (SSSR count). The van der Waals surface area contributed by atoms with Gasteiger partial charge in [-0.3, -0.25) is 0 Å². The fourth-order valence-corrected chi connectivity index (χ4v) is 3.04. The molecule has 7 heteroatoms. The number of pyridine rings is 1. The van der Waals surface area contributed by atoms with Crippen LogP contribution in [-0.4, -0.2) is 18.1 Å². The Morgan fingerprint density at radius 3 is 2.73 bits per heavy atom. The second-order valence-electron chi connectivity index (χ2n) is 6.23. The lowest BCUT2D eigenvalue weighted by Crippen LogP contribution is -2.07. The maximum absolute atomic E-state index is 11.6. The summed E-state index contributed by atoms with van der Waals surface area (Å²) in [5.41, 5.74) is 3.82. The summed E-state index contributed by atoms with van der Waals surface area (Å²) in [5, 5.41) is 13.0. The van der Waals surface area contributed by atoms with Crippen molar-refractivity contribution in [1.29, 1.82) is 5.26 Å². The molecule has 30 heavy (non-hydrogen) atoms. The van der Waals surface area contributed by atoms with Crippen LogP contribution in [0.25, 0.3) is 16.0 Å². The van der Waals surface area contributed by atoms with E-state index < -0.39 is 5.97 Å². The van der Waals surface area contributed by atoms with E-state index >= 15 is 0 Å². The number of ether oxygens (including phenoxy) is 1. The third kappa shape index (κ3) is 4.62. The first-order valence-corrected chi connectivity index (χ1v) is 9.43. The average Bonchev–Trinajstić information content (AvgIpc) is 3.31. The van der Waals surface area contributed by atoms with E-state index in [1.54, 1.807) is 48.9 Å². The number of nitriles is 1. The third-order valence-corrected chi connectivity index (χ3v) is 4.71. The van der Waals surface area contributed by atoms with Gasteiger partial charge in [0.2, 0.25) is 0 Å². The van der Waals surface area contributed by atoms with Crippen molar-refractivity contribution in [2.24, 2.45) is 0 Å². The predicted octanol–water partition coefficient (Wildman–Crippen LogP) is 5.07. The average molecular weight is 417 g/mol. The molecule has 2 aromatic heterocycles. The number of esters is 1. The first-order valence-electron chi connectivity index (χ1n) is 8.98. The minimum absolute atomic E-state index is 0.393. The second kappa shape index (κ2) is 9.63. The number of hydrogen-bond donors (Lipinski definition) is 2. The quantitative estimate of drug-likeness (QED) is 0.317. The normalized spacial score (nSPS) is 10.9. The number of thiol groups is 1. The number of rotatable bonds is 7. The molecule has 3 aromatic rings. The summed E-state index contributed by atoms with van der Waals surface area (Å²) < 4.78 is 9.90. The van der Waals surface area contributed by atoms with E-state index in [2.05, 4.69) is 35.6 Å². The number of methoxy groups -OCH3 is 1. The highest BCUT2D eigenvalue weighted by Crippen LogP contribution is 2.32. The van der Waals surface area contributed by atoms with Crippen molar-refractivity contribution in [2.75, 3.05) is 12.4 Å². The van der Waals surface area contributed by atoms with Gasteiger partial charge in [-0.15, -0.1) is 12.6 Å². The number of carbonyl (C=O) groups is 1. The van der Waals surface area contributed by atoms with E-state index in [4.69, 9.17) is 9.15 Å². The van der Waals surface area contributed by atoms with Crippen LogP contribution in [0.15, 0.2) is 72.1 Å². The van der Waals surface area contributed by atoms with Crippen LogP contribution >= 0.6 is 12.6 Å². The van der Waals surface area contributed by atoms with Crippen molar-refractivity contribution in [3.05, 3.63) is 90.0 Å². The monoisotopic (exact) mass is 417 g/mol. The summed E-state index contributed by atoms with van der Waals surface area (Å²) in [7, 11) is 1.34. The van der Waals surface area contributed by atoms with Crippen molar-refractivity contribution >= 4 is 29.3 Å². The number of nitrogens with zero attached hydrogens (tertiary/aromatic N) is 2. The molecule has 0 atom stereocenters. The fourth-order valence-electron chi connectivity index (χ4n) is 2.82. The topological polar surface area (TPSA) is 88.2 Å². The lowest BCUT2D eigenvalue weighted by atomic mass is 10.0. The van der Waals surface area contributed by atoms with Gasteiger partial charge in [0.05, 0.1) is 30.9 Å². The molecular formula is C23H19N3O3S. The van der Waals surface area contributed by atoms with E-state index in [9.17, 15) is 10.1 Å². The lowest BCUT2D eigenvalue weighted by Gasteiger charge is -2.13. The standard InChI is InChI=1S/C23H19N3O3S/c1-3-4-21(30)20-11-18(17-9-10-29-14-17)19(12-24)22(26-20)25-13-15-5-7-16(8-6-15)23(27)28-2/h3-11,14,30H,1,13H2,2H3,(H,25,26)/b21-4-. The molecule has 0 aliphatic rings. The molecule has 1 N–H and O–H groups in total. The number of furan rings is 1. The van der Waals surface area contributed by atoms with Crippen molar-refractivity contribution in [1.82, 2.24) is 4.98 Å². The van der Waals surface area contributed by atoms with E-state index in [-0.39, 0.29) is 0 Å². The van der Waals surface area contributed by atoms with Crippen LogP contribution in [0.4, 0.5) is 5.82 Å². The van der Waals surface area contributed by atoms with Crippen LogP contribution in [0.3, 0.4) is 0 Å². The zero-order valence-corrected chi connectivity index (χ0v) is 17.1. The molecule has 0 radical (unpaired) electrons. The molecule has 0 saturated heterocycles. The minimum Gasteiger partial charge on any atom is -0.472 e. The maximum atomic E-state index is 11.6. The zero-order valence-electron chi connectivity index (χ0n) is 16.3. The van der Waals surface area contributed by atoms with E-state index in [1.807, 2.05) is 12.1 Å². The Balaban J connectivity index is 1.96. The molecular weight excluding hydrogens is 398 g/mol. The Labute approximate surface area is 179 Å². The molecule has 1 aromatic carbocycles. The summed E-state index contributed by atoms with van der Waals surface area (Å²) in [4.78, 5) is 16.8. The van der Waals surface area contributed by atoms with E-state index in [0.29, 0.717) is 39.7 Å². The van der Waals surface area contributed by atoms with E-state index in [0.717, 1.165) is 11.1 Å². The Hall–Kier alpha value is -3.76. The van der Waals surface area contributed by atoms with Gasteiger partial charge >= 0.3 is 5.97 Å². The van der Waals surface area contributed by atoms with Crippen molar-refractivity contribution in [3.8, 4) is 17.2 Å². The van der Waals surface area contributed by atoms with Crippen LogP contribution in [0.5, 0.6) is 0 Å². The number of carbonyl (C=O) groups excluding carboxylic acids is 1. The SMILES string of the molecule is C=C/C=C(\S)c1cc(-c2ccoc2)c(C#N)c(NCc2ccc(C(=O)OC)cc2)n1. The molecule has 2 heterocycles. The summed E-state index contributed by atoms with van der Waals surface area (Å²) in [6.45, 7) is 4.09. The number of aromatic nitrogens is 1. The molecule has 6 nitrogen and oxygen atoms in total. The minimum atomic E-state index is -0.393. The molecule has 150 valence electrons. The molecule has 0 spiro atoms. The Kier molecular flexibility index (Phi) is 6.73. The first kappa shape index (κ1) is 21.0. The highest BCUT2D eigenvalue weighted by Gasteiger charge is 2.16. The van der Waals surface area contributed by atoms with Gasteiger partial charge in [-0.1, -0.05) is 24.8 Å². The van der Waals surface area contributed by atoms with Crippen LogP contribution in [-0.2, 0) is 11.3 Å². The van der Waals surface area contributed by atoms with Gasteiger partial charge in [0.1, 0.15) is 17.5 Å². The Morgan fingerprint density at radius 2 is 2.13 bits per heavy atom. The van der Waals surface area contributed by atoms with Gasteiger partial charge in [0, 0.05) is 22.6 Å². The largest absolute Gasteiger partial charge is 0.472 e. The first-order chi connectivity index (χ1) is 14.6. The van der Waals surface area contributed by atoms with Gasteiger partial charge in [-0.2, -0.15) is 5.26 Å². The number of nitrogens with one attached hydrogen (secondary N) is 1. The predicted molar refractivity (Wildman–Crippen MR) is 119 cm³/mol. The molecule has 0 unspecified atom stereocenters. The van der Waals surface area contributed by atoms with Gasteiger partial charge in [0.15, 0.2) is 0 Å². The smallest absolute Gasteiger partial charge is 0.337 e. The van der Waals surface area contributed by atoms with Crippen LogP contribution < -0.4 is 5.32 Å². The highest BCUT2D eigenvalue weighted by molar-refractivity contribution is 7.90. The Morgan fingerprint density at radius 1 is 1.37 bits per heavy atom. The summed E-state index contributed by atoms with van der Waals surface area (Å²) in [6, 6.07) is 12.8. The Bertz CT molecular complexity index is 1130. The molecule has 0 aliphatic heterocycles. The number of hydrogen-bond acceptors (Lipinski definition) is 7. The van der Waals surface area contributed by atoms with Gasteiger partial charge < -0.3 is 14.5 Å². The number of allylic oxidation sites excluding steroid dienone is 2. The third-order valence-electron chi connectivity index (χ3n) is 4.34. The van der Waals surface area contributed by atoms with Crippen molar-refractivity contribution < 1.29 is 13.9 Å². The zero-order chi connectivity index (χ0) is 21.5. The van der Waals surface area contributed by atoms with Crippen molar-refractivity contribution in [3.63, 3.8) is 0 Å². The van der Waals surface area contributed by atoms with Gasteiger partial charge in [-0.25, -0.2) is 9.78 Å². The highest BCUT2D eigenvalue weighted by atomic mass is 32.1. The fraction of sp³-hybridized carbons (Fsp3) is 0.0870. The van der Waals surface area contributed by atoms with Crippen LogP contribution in [0.2, 0.25) is 0 Å². The molecule has 0 fully saturated rings. The maximum Gasteiger partial charge on any atom is 0.337 e. The second-order valence-corrected chi connectivity index (χ2v) is 6.71. The van der Waals surface area contributed by atoms with E-state index in [1.165, 1.54) is 7.11 Å². The molecule has 0 aliphatic carbocycles. The lowest BCUT2D eigenvalue weighted by molar-refractivity contribution is 0.0600. The number of benzene rings is 1. The summed E-state index contributed by atoms with van der Waals surface area (Å²) in [5.74, 6) is 0.0305. The van der Waals surface area contributed by atoms with Crippen LogP contribution in [0, 0.1) is 11.3 Å². The van der Waals surface area contributed by atoms with Gasteiger partial charge in [-0.05, 0) is 35.9 Å². The molecule has 0 amide bonds. The number of anilines is 1. The molecule has 0 bridgehead atoms. The van der Waals surface area contributed by atoms with Crippen molar-refractivity contribution in [2.45, 2.75) is 6.54 Å². The molecule has 0 saturated carbocycles. The van der Waals surface area contributed by atoms with Gasteiger partial charge in [0.25, 0.3) is 0 Å². The summed E-state index contributed by atoms with van der Waals surface area (Å²) in [6.07, 6.45) is 6.47.